The molecule has 0 fully saturated rings. The molecule has 1 aromatic heterocycles. The Morgan fingerprint density at radius 1 is 1.17 bits per heavy atom. The van der Waals surface area contributed by atoms with Gasteiger partial charge in [-0.15, -0.1) is 0 Å². The molecule has 2 N–H and O–H groups in total. The van der Waals surface area contributed by atoms with Gasteiger partial charge in [-0.3, -0.25) is 4.79 Å². The number of aromatic nitrogens is 2. The lowest BCUT2D eigenvalue weighted by Gasteiger charge is -2.07. The van der Waals surface area contributed by atoms with Crippen molar-refractivity contribution in [1.82, 2.24) is 20.4 Å². The number of hydrogen-bond acceptors (Lipinski definition) is 4. The molecule has 2 aromatic rings. The Morgan fingerprint density at radius 2 is 1.96 bits per heavy atom. The summed E-state index contributed by atoms with van der Waals surface area (Å²) in [5.41, 5.74) is 2.13. The lowest BCUT2D eigenvalue weighted by molar-refractivity contribution is -0.120. The largest absolute Gasteiger partial charge is 0.450 e. The van der Waals surface area contributed by atoms with Gasteiger partial charge in [0.1, 0.15) is 0 Å². The van der Waals surface area contributed by atoms with Crippen LogP contribution in [0.25, 0.3) is 5.69 Å². The third kappa shape index (κ3) is 5.75. The number of amides is 2. The van der Waals surface area contributed by atoms with Crippen LogP contribution in [0.5, 0.6) is 0 Å². The number of ether oxygens (including phenoxy) is 1. The Morgan fingerprint density at radius 3 is 2.62 bits per heavy atom. The minimum absolute atomic E-state index is 0.0973. The number of nitrogens with one attached hydrogen (secondary N) is 2. The molecule has 2 amide bonds. The predicted molar refractivity (Wildman–Crippen MR) is 89.9 cm³/mol. The maximum Gasteiger partial charge on any atom is 0.407 e. The maximum atomic E-state index is 11.7. The second-order valence-electron chi connectivity index (χ2n) is 5.11. The molecule has 128 valence electrons. The molecule has 1 heterocycles. The number of nitrogens with zero attached hydrogens (tertiary/aromatic N) is 2. The van der Waals surface area contributed by atoms with Gasteiger partial charge >= 0.3 is 6.09 Å². The van der Waals surface area contributed by atoms with Gasteiger partial charge < -0.3 is 15.4 Å². The molecule has 2 rings (SSSR count). The summed E-state index contributed by atoms with van der Waals surface area (Å²) >= 11 is 0. The van der Waals surface area contributed by atoms with Crippen molar-refractivity contribution in [2.75, 3.05) is 19.7 Å². The number of carbonyl (C=O) groups is 2. The highest BCUT2D eigenvalue weighted by molar-refractivity contribution is 5.76. The highest BCUT2D eigenvalue weighted by atomic mass is 16.5. The highest BCUT2D eigenvalue weighted by Crippen LogP contribution is 2.08. The number of rotatable bonds is 8. The molecule has 0 aliphatic rings. The number of benzene rings is 1. The fourth-order valence-electron chi connectivity index (χ4n) is 2.13. The van der Waals surface area contributed by atoms with Crippen molar-refractivity contribution in [3.05, 3.63) is 48.3 Å². The standard InChI is InChI=1S/C17H22N4O3/c1-2-24-17(23)19-12-9-16(22)18-11-8-14-4-6-15(7-5-14)21-13-3-10-20-21/h3-7,10,13H,2,8-9,11-12H2,1H3,(H,18,22)(H,19,23). The van der Waals surface area contributed by atoms with E-state index < -0.39 is 6.09 Å². The van der Waals surface area contributed by atoms with Gasteiger partial charge in [0, 0.05) is 31.9 Å². The summed E-state index contributed by atoms with van der Waals surface area (Å²) in [5, 5.41) is 9.52. The van der Waals surface area contributed by atoms with Crippen LogP contribution < -0.4 is 10.6 Å². The fourth-order valence-corrected chi connectivity index (χ4v) is 2.13. The maximum absolute atomic E-state index is 11.7. The first-order chi connectivity index (χ1) is 11.7. The van der Waals surface area contributed by atoms with Gasteiger partial charge in [0.05, 0.1) is 12.3 Å². The second kappa shape index (κ2) is 9.34. The van der Waals surface area contributed by atoms with E-state index in [4.69, 9.17) is 4.74 Å². The monoisotopic (exact) mass is 330 g/mol. The molecule has 0 aliphatic carbocycles. The zero-order chi connectivity index (χ0) is 17.2. The quantitative estimate of drug-likeness (QED) is 0.771. The van der Waals surface area contributed by atoms with E-state index in [2.05, 4.69) is 15.7 Å². The van der Waals surface area contributed by atoms with Crippen molar-refractivity contribution in [3.8, 4) is 5.69 Å². The van der Waals surface area contributed by atoms with Crippen LogP contribution in [0.15, 0.2) is 42.7 Å². The van der Waals surface area contributed by atoms with Gasteiger partial charge in [0.15, 0.2) is 0 Å². The molecule has 7 heteroatoms. The van der Waals surface area contributed by atoms with Crippen molar-refractivity contribution >= 4 is 12.0 Å². The lowest BCUT2D eigenvalue weighted by Crippen LogP contribution is -2.31. The van der Waals surface area contributed by atoms with Gasteiger partial charge in [-0.05, 0) is 37.1 Å². The summed E-state index contributed by atoms with van der Waals surface area (Å²) in [6.45, 7) is 2.87. The first-order valence-corrected chi connectivity index (χ1v) is 7.95. The average molecular weight is 330 g/mol. The van der Waals surface area contributed by atoms with Crippen LogP contribution in [0, 0.1) is 0 Å². The third-order valence-electron chi connectivity index (χ3n) is 3.34. The van der Waals surface area contributed by atoms with E-state index in [-0.39, 0.29) is 18.9 Å². The molecule has 0 bridgehead atoms. The molecule has 7 nitrogen and oxygen atoms in total. The Hall–Kier alpha value is -2.83. The average Bonchev–Trinajstić information content (AvgIpc) is 3.10. The molecule has 0 spiro atoms. The van der Waals surface area contributed by atoms with E-state index in [1.165, 1.54) is 0 Å². The van der Waals surface area contributed by atoms with Gasteiger partial charge in [-0.2, -0.15) is 5.10 Å². The van der Waals surface area contributed by atoms with Gasteiger partial charge in [0.25, 0.3) is 0 Å². The van der Waals surface area contributed by atoms with Gasteiger partial charge in [-0.1, -0.05) is 12.1 Å². The Balaban J connectivity index is 1.65. The summed E-state index contributed by atoms with van der Waals surface area (Å²) in [4.78, 5) is 22.7. The summed E-state index contributed by atoms with van der Waals surface area (Å²) < 4.78 is 6.50. The SMILES string of the molecule is CCOC(=O)NCCC(=O)NCCc1ccc(-n2cccn2)cc1. The van der Waals surface area contributed by atoms with E-state index in [9.17, 15) is 9.59 Å². The van der Waals surface area contributed by atoms with Gasteiger partial charge in [0.2, 0.25) is 5.91 Å². The summed E-state index contributed by atoms with van der Waals surface area (Å²) in [7, 11) is 0. The number of hydrogen-bond donors (Lipinski definition) is 2. The number of carbonyl (C=O) groups excluding carboxylic acids is 2. The Labute approximate surface area is 141 Å². The van der Waals surface area contributed by atoms with E-state index in [0.29, 0.717) is 13.2 Å². The van der Waals surface area contributed by atoms with Crippen LogP contribution in [-0.4, -0.2) is 41.5 Å². The zero-order valence-corrected chi connectivity index (χ0v) is 13.7. The zero-order valence-electron chi connectivity index (χ0n) is 13.7. The number of alkyl carbamates (subject to hydrolysis) is 1. The smallest absolute Gasteiger partial charge is 0.407 e. The van der Waals surface area contributed by atoms with E-state index >= 15 is 0 Å². The van der Waals surface area contributed by atoms with E-state index in [1.54, 1.807) is 17.8 Å². The third-order valence-corrected chi connectivity index (χ3v) is 3.34. The summed E-state index contributed by atoms with van der Waals surface area (Å²) in [6.07, 6.45) is 4.11. The molecule has 24 heavy (non-hydrogen) atoms. The fraction of sp³-hybridized carbons (Fsp3) is 0.353. The summed E-state index contributed by atoms with van der Waals surface area (Å²) in [5.74, 6) is -0.0973. The van der Waals surface area contributed by atoms with Crippen molar-refractivity contribution in [1.29, 1.82) is 0 Å². The van der Waals surface area contributed by atoms with Crippen LogP contribution in [0.1, 0.15) is 18.9 Å². The van der Waals surface area contributed by atoms with Crippen molar-refractivity contribution < 1.29 is 14.3 Å². The highest BCUT2D eigenvalue weighted by Gasteiger charge is 2.04. The van der Waals surface area contributed by atoms with Crippen LogP contribution in [0.3, 0.4) is 0 Å². The molecule has 0 unspecified atom stereocenters. The predicted octanol–water partition coefficient (Wildman–Crippen LogP) is 1.67. The molecule has 0 saturated heterocycles. The molecule has 1 aromatic carbocycles. The first-order valence-electron chi connectivity index (χ1n) is 7.95. The van der Waals surface area contributed by atoms with Crippen molar-refractivity contribution in [3.63, 3.8) is 0 Å². The van der Waals surface area contributed by atoms with Crippen LogP contribution >= 0.6 is 0 Å². The normalized spacial score (nSPS) is 10.2. The molecule has 0 aliphatic heterocycles. The van der Waals surface area contributed by atoms with Crippen LogP contribution in [0.2, 0.25) is 0 Å². The minimum Gasteiger partial charge on any atom is -0.450 e. The molecular weight excluding hydrogens is 308 g/mol. The van der Waals surface area contributed by atoms with Crippen molar-refractivity contribution in [2.24, 2.45) is 0 Å². The molecule has 0 radical (unpaired) electrons. The van der Waals surface area contributed by atoms with Crippen LogP contribution in [0.4, 0.5) is 4.79 Å². The topological polar surface area (TPSA) is 85.2 Å². The second-order valence-corrected chi connectivity index (χ2v) is 5.11. The Kier molecular flexibility index (Phi) is 6.82. The minimum atomic E-state index is -0.498. The summed E-state index contributed by atoms with van der Waals surface area (Å²) in [6, 6.07) is 9.90. The molecular formula is C17H22N4O3. The van der Waals surface area contributed by atoms with E-state index in [1.807, 2.05) is 36.5 Å². The first kappa shape index (κ1) is 17.5. The Bertz CT molecular complexity index is 638. The lowest BCUT2D eigenvalue weighted by atomic mass is 10.1. The van der Waals surface area contributed by atoms with Gasteiger partial charge in [-0.25, -0.2) is 9.48 Å². The van der Waals surface area contributed by atoms with E-state index in [0.717, 1.165) is 17.7 Å². The van der Waals surface area contributed by atoms with Crippen LogP contribution in [-0.2, 0) is 16.0 Å². The van der Waals surface area contributed by atoms with Crippen molar-refractivity contribution in [2.45, 2.75) is 19.8 Å². The molecule has 0 atom stereocenters. The molecule has 0 saturated carbocycles.